The van der Waals surface area contributed by atoms with Gasteiger partial charge in [0.15, 0.2) is 0 Å². The zero-order chi connectivity index (χ0) is 19.0. The van der Waals surface area contributed by atoms with Crippen LogP contribution in [0, 0.1) is 12.7 Å². The van der Waals surface area contributed by atoms with Crippen LogP contribution in [0.5, 0.6) is 0 Å². The summed E-state index contributed by atoms with van der Waals surface area (Å²) in [5.41, 5.74) is 2.69. The number of rotatable bonds is 3. The van der Waals surface area contributed by atoms with Crippen molar-refractivity contribution in [2.75, 3.05) is 31.2 Å². The van der Waals surface area contributed by atoms with Gasteiger partial charge >= 0.3 is 0 Å². The number of hydrogen-bond donors (Lipinski definition) is 0. The van der Waals surface area contributed by atoms with Gasteiger partial charge in [0.05, 0.1) is 24.5 Å². The van der Waals surface area contributed by atoms with E-state index in [0.29, 0.717) is 48.8 Å². The summed E-state index contributed by atoms with van der Waals surface area (Å²) >= 11 is 0. The second kappa shape index (κ2) is 6.96. The maximum atomic E-state index is 13.4. The highest BCUT2D eigenvalue weighted by atomic mass is 19.1. The maximum Gasteiger partial charge on any atom is 0.282 e. The number of carbonyl (C=O) groups excluding carboxylic acids is 2. The molecule has 0 radical (unpaired) electrons. The Morgan fingerprint density at radius 2 is 1.67 bits per heavy atom. The predicted molar refractivity (Wildman–Crippen MR) is 99.4 cm³/mol. The third-order valence-electron chi connectivity index (χ3n) is 4.78. The number of carbonyl (C=O) groups is 2. The van der Waals surface area contributed by atoms with Crippen LogP contribution in [0.2, 0.25) is 0 Å². The molecule has 4 rings (SSSR count). The zero-order valence-electron chi connectivity index (χ0n) is 14.9. The molecule has 0 aromatic heterocycles. The Balaban J connectivity index is 1.83. The van der Waals surface area contributed by atoms with Gasteiger partial charge in [-0.3, -0.25) is 9.59 Å². The van der Waals surface area contributed by atoms with Crippen molar-refractivity contribution >= 4 is 23.1 Å². The van der Waals surface area contributed by atoms with E-state index < -0.39 is 5.91 Å². The van der Waals surface area contributed by atoms with Crippen LogP contribution in [0.1, 0.15) is 11.1 Å². The highest BCUT2D eigenvalue weighted by Crippen LogP contribution is 2.35. The van der Waals surface area contributed by atoms with Gasteiger partial charge in [0, 0.05) is 13.1 Å². The summed E-state index contributed by atoms with van der Waals surface area (Å²) in [7, 11) is 0. The van der Waals surface area contributed by atoms with E-state index in [9.17, 15) is 14.0 Å². The Labute approximate surface area is 156 Å². The Bertz CT molecular complexity index is 931. The molecule has 5 nitrogen and oxygen atoms in total. The summed E-state index contributed by atoms with van der Waals surface area (Å²) in [5, 5.41) is 0. The van der Waals surface area contributed by atoms with Crippen molar-refractivity contribution in [2.45, 2.75) is 6.92 Å². The molecule has 0 N–H and O–H groups in total. The number of anilines is 1. The van der Waals surface area contributed by atoms with E-state index in [1.165, 1.54) is 29.2 Å². The number of aryl methyl sites for hydroxylation is 1. The first-order valence-electron chi connectivity index (χ1n) is 8.84. The number of imide groups is 1. The smallest absolute Gasteiger partial charge is 0.282 e. The van der Waals surface area contributed by atoms with Gasteiger partial charge in [-0.25, -0.2) is 9.29 Å². The molecule has 2 amide bonds. The van der Waals surface area contributed by atoms with E-state index >= 15 is 0 Å². The number of morpholine rings is 1. The molecule has 0 saturated carbocycles. The van der Waals surface area contributed by atoms with Crippen molar-refractivity contribution in [3.05, 3.63) is 71.2 Å². The Kier molecular flexibility index (Phi) is 4.49. The summed E-state index contributed by atoms with van der Waals surface area (Å²) in [6, 6.07) is 12.9. The van der Waals surface area contributed by atoms with E-state index in [1.807, 2.05) is 24.0 Å². The number of benzene rings is 2. The van der Waals surface area contributed by atoms with Crippen LogP contribution in [0.3, 0.4) is 0 Å². The summed E-state index contributed by atoms with van der Waals surface area (Å²) in [4.78, 5) is 29.6. The number of nitrogens with zero attached hydrogens (tertiary/aromatic N) is 2. The van der Waals surface area contributed by atoms with Crippen molar-refractivity contribution in [3.63, 3.8) is 0 Å². The topological polar surface area (TPSA) is 49.9 Å². The molecule has 2 heterocycles. The minimum Gasteiger partial charge on any atom is -0.378 e. The molecule has 6 heteroatoms. The summed E-state index contributed by atoms with van der Waals surface area (Å²) in [5.74, 6) is -1.13. The molecule has 138 valence electrons. The van der Waals surface area contributed by atoms with Gasteiger partial charge in [0.1, 0.15) is 11.5 Å². The van der Waals surface area contributed by atoms with Crippen molar-refractivity contribution in [1.82, 2.24) is 4.90 Å². The van der Waals surface area contributed by atoms with Gasteiger partial charge in [0.25, 0.3) is 11.8 Å². The first-order chi connectivity index (χ1) is 13.1. The molecule has 2 aliphatic heterocycles. The van der Waals surface area contributed by atoms with Gasteiger partial charge in [-0.1, -0.05) is 24.3 Å². The fraction of sp³-hybridized carbons (Fsp3) is 0.238. The molecule has 1 fully saturated rings. The molecule has 2 aliphatic rings. The van der Waals surface area contributed by atoms with Gasteiger partial charge < -0.3 is 9.64 Å². The van der Waals surface area contributed by atoms with Crippen LogP contribution in [0.15, 0.2) is 54.2 Å². The summed E-state index contributed by atoms with van der Waals surface area (Å²) in [6.07, 6.45) is 0. The lowest BCUT2D eigenvalue weighted by Gasteiger charge is -2.29. The van der Waals surface area contributed by atoms with Crippen LogP contribution < -0.4 is 4.90 Å². The maximum absolute atomic E-state index is 13.4. The fourth-order valence-corrected chi connectivity index (χ4v) is 3.48. The monoisotopic (exact) mass is 366 g/mol. The molecule has 27 heavy (non-hydrogen) atoms. The number of ether oxygens (including phenoxy) is 1. The molecule has 0 spiro atoms. The molecule has 2 aromatic rings. The largest absolute Gasteiger partial charge is 0.378 e. The van der Waals surface area contributed by atoms with E-state index in [0.717, 1.165) is 5.56 Å². The van der Waals surface area contributed by atoms with Gasteiger partial charge in [-0.15, -0.1) is 0 Å². The highest BCUT2D eigenvalue weighted by molar-refractivity contribution is 6.45. The lowest BCUT2D eigenvalue weighted by atomic mass is 10.0. The normalized spacial score (nSPS) is 17.9. The number of hydrogen-bond acceptors (Lipinski definition) is 4. The fourth-order valence-electron chi connectivity index (χ4n) is 3.48. The van der Waals surface area contributed by atoms with Crippen molar-refractivity contribution in [1.29, 1.82) is 0 Å². The standard InChI is InChI=1S/C21H19FN2O3/c1-14-3-2-4-17(13-14)24-20(25)18(15-5-7-16(22)8-6-15)19(21(24)26)23-9-11-27-12-10-23/h2-8,13H,9-12H2,1H3. The van der Waals surface area contributed by atoms with E-state index in [4.69, 9.17) is 4.74 Å². The van der Waals surface area contributed by atoms with Crippen LogP contribution in [-0.4, -0.2) is 43.0 Å². The summed E-state index contributed by atoms with van der Waals surface area (Å²) in [6.45, 7) is 3.95. The SMILES string of the molecule is Cc1cccc(N2C(=O)C(c3ccc(F)cc3)=C(N3CCOCC3)C2=O)c1. The second-order valence-electron chi connectivity index (χ2n) is 6.61. The van der Waals surface area contributed by atoms with Crippen molar-refractivity contribution in [2.24, 2.45) is 0 Å². The third kappa shape index (κ3) is 3.13. The minimum absolute atomic E-state index is 0.309. The average molecular weight is 366 g/mol. The van der Waals surface area contributed by atoms with Gasteiger partial charge in [-0.05, 0) is 42.3 Å². The molecule has 2 aromatic carbocycles. The van der Waals surface area contributed by atoms with Crippen molar-refractivity contribution in [3.8, 4) is 0 Å². The highest BCUT2D eigenvalue weighted by Gasteiger charge is 2.42. The predicted octanol–water partition coefficient (Wildman–Crippen LogP) is 2.75. The molecule has 0 aliphatic carbocycles. The average Bonchev–Trinajstić information content (AvgIpc) is 2.93. The summed E-state index contributed by atoms with van der Waals surface area (Å²) < 4.78 is 18.8. The Hall–Kier alpha value is -2.99. The first-order valence-corrected chi connectivity index (χ1v) is 8.84. The molecule has 0 bridgehead atoms. The van der Waals surface area contributed by atoms with Crippen molar-refractivity contribution < 1.29 is 18.7 Å². The lowest BCUT2D eigenvalue weighted by molar-refractivity contribution is -0.121. The molecule has 1 saturated heterocycles. The molecular formula is C21H19FN2O3. The Morgan fingerprint density at radius 1 is 0.963 bits per heavy atom. The quantitative estimate of drug-likeness (QED) is 0.784. The molecular weight excluding hydrogens is 347 g/mol. The van der Waals surface area contributed by atoms with Gasteiger partial charge in [-0.2, -0.15) is 0 Å². The van der Waals surface area contributed by atoms with Crippen LogP contribution >= 0.6 is 0 Å². The molecule has 0 atom stereocenters. The van der Waals surface area contributed by atoms with E-state index in [1.54, 1.807) is 12.1 Å². The third-order valence-corrected chi connectivity index (χ3v) is 4.78. The molecule has 0 unspecified atom stereocenters. The second-order valence-corrected chi connectivity index (χ2v) is 6.61. The number of halogens is 1. The number of amides is 2. The lowest BCUT2D eigenvalue weighted by Crippen LogP contribution is -2.40. The Morgan fingerprint density at radius 3 is 2.33 bits per heavy atom. The first kappa shape index (κ1) is 17.4. The zero-order valence-corrected chi connectivity index (χ0v) is 14.9. The van der Waals surface area contributed by atoms with Crippen LogP contribution in [0.25, 0.3) is 5.57 Å². The van der Waals surface area contributed by atoms with E-state index in [-0.39, 0.29) is 11.7 Å². The van der Waals surface area contributed by atoms with Gasteiger partial charge in [0.2, 0.25) is 0 Å². The van der Waals surface area contributed by atoms with E-state index in [2.05, 4.69) is 0 Å². The van der Waals surface area contributed by atoms with Crippen LogP contribution in [-0.2, 0) is 14.3 Å². The van der Waals surface area contributed by atoms with Crippen LogP contribution in [0.4, 0.5) is 10.1 Å². The minimum atomic E-state index is -0.390.